The summed E-state index contributed by atoms with van der Waals surface area (Å²) < 4.78 is 5.44. The Morgan fingerprint density at radius 3 is 2.63 bits per heavy atom. The van der Waals surface area contributed by atoms with E-state index in [-0.39, 0.29) is 34.7 Å². The molecule has 1 unspecified atom stereocenters. The van der Waals surface area contributed by atoms with Gasteiger partial charge in [0, 0.05) is 21.1 Å². The van der Waals surface area contributed by atoms with Crippen LogP contribution in [-0.4, -0.2) is 59.8 Å². The van der Waals surface area contributed by atoms with Gasteiger partial charge in [0.1, 0.15) is 22.9 Å². The molecule has 0 radical (unpaired) electrons. The molecule has 30 heavy (non-hydrogen) atoms. The van der Waals surface area contributed by atoms with Gasteiger partial charge in [0.25, 0.3) is 17.7 Å². The Morgan fingerprint density at radius 2 is 2.03 bits per heavy atom. The van der Waals surface area contributed by atoms with E-state index in [2.05, 4.69) is 10.6 Å². The average molecular weight is 414 g/mol. The van der Waals surface area contributed by atoms with Crippen LogP contribution in [0.4, 0.5) is 0 Å². The molecule has 0 bridgehead atoms. The molecule has 2 aliphatic rings. The third-order valence-corrected chi connectivity index (χ3v) is 5.12. The first kappa shape index (κ1) is 21.2. The zero-order valence-corrected chi connectivity index (χ0v) is 17.4. The van der Waals surface area contributed by atoms with Crippen LogP contribution >= 0.6 is 0 Å². The normalized spacial score (nSPS) is 20.1. The summed E-state index contributed by atoms with van der Waals surface area (Å²) in [5.74, 6) is -0.874. The number of hydrogen-bond donors (Lipinski definition) is 3. The minimum Gasteiger partial charge on any atom is -0.509 e. The third kappa shape index (κ3) is 3.83. The molecule has 9 nitrogen and oxygen atoms in total. The second-order valence-corrected chi connectivity index (χ2v) is 7.37. The van der Waals surface area contributed by atoms with Gasteiger partial charge in [-0.1, -0.05) is 13.0 Å². The number of furan rings is 1. The van der Waals surface area contributed by atoms with Crippen LogP contribution < -0.4 is 10.6 Å². The van der Waals surface area contributed by atoms with Crippen LogP contribution in [0.5, 0.6) is 0 Å². The number of amides is 3. The van der Waals surface area contributed by atoms with Gasteiger partial charge in [-0.25, -0.2) is 0 Å². The monoisotopic (exact) mass is 414 g/mol. The first-order valence-electron chi connectivity index (χ1n) is 9.70. The molecule has 3 amide bonds. The summed E-state index contributed by atoms with van der Waals surface area (Å²) in [7, 11) is 4.57. The molecule has 0 saturated carbocycles. The molecule has 160 valence electrons. The largest absolute Gasteiger partial charge is 0.509 e. The van der Waals surface area contributed by atoms with Crippen molar-refractivity contribution in [3.63, 3.8) is 0 Å². The number of rotatable bonds is 7. The van der Waals surface area contributed by atoms with E-state index in [9.17, 15) is 19.5 Å². The van der Waals surface area contributed by atoms with Crippen molar-refractivity contribution in [2.24, 2.45) is 0 Å². The number of carbonyl (C=O) groups excluding carboxylic acids is 3. The van der Waals surface area contributed by atoms with Crippen LogP contribution in [-0.2, 0) is 14.4 Å². The summed E-state index contributed by atoms with van der Waals surface area (Å²) in [5.41, 5.74) is 0.301. The predicted octanol–water partition coefficient (Wildman–Crippen LogP) is 1.35. The second kappa shape index (κ2) is 8.48. The molecule has 2 atom stereocenters. The first-order chi connectivity index (χ1) is 14.3. The van der Waals surface area contributed by atoms with Crippen molar-refractivity contribution in [3.8, 4) is 0 Å². The topological polar surface area (TPSA) is 115 Å². The van der Waals surface area contributed by atoms with Crippen LogP contribution in [0, 0.1) is 0 Å². The fraction of sp³-hybridized carbons (Fsp3) is 0.381. The van der Waals surface area contributed by atoms with Crippen molar-refractivity contribution in [2.45, 2.75) is 31.8 Å². The van der Waals surface area contributed by atoms with Gasteiger partial charge in [-0.3, -0.25) is 19.3 Å². The molecule has 1 aromatic rings. The molecular weight excluding hydrogens is 388 g/mol. The summed E-state index contributed by atoms with van der Waals surface area (Å²) in [6.45, 7) is 1.93. The van der Waals surface area contributed by atoms with Crippen LogP contribution in [0.2, 0.25) is 0 Å². The van der Waals surface area contributed by atoms with Gasteiger partial charge < -0.3 is 25.1 Å². The second-order valence-electron chi connectivity index (χ2n) is 7.37. The fourth-order valence-corrected chi connectivity index (χ4v) is 3.38. The van der Waals surface area contributed by atoms with Crippen molar-refractivity contribution in [1.82, 2.24) is 20.4 Å². The number of nitrogens with zero attached hydrogens (tertiary/aromatic N) is 2. The number of hydrogen-bond acceptors (Lipinski definition) is 7. The van der Waals surface area contributed by atoms with Gasteiger partial charge in [-0.15, -0.1) is 0 Å². The Bertz CT molecular complexity index is 943. The fourth-order valence-electron chi connectivity index (χ4n) is 3.38. The lowest BCUT2D eigenvalue weighted by atomic mass is 9.99. The van der Waals surface area contributed by atoms with Crippen LogP contribution in [0.25, 0.3) is 0 Å². The highest BCUT2D eigenvalue weighted by atomic mass is 16.3. The quantitative estimate of drug-likeness (QED) is 0.577. The molecule has 2 heterocycles. The zero-order valence-electron chi connectivity index (χ0n) is 17.4. The summed E-state index contributed by atoms with van der Waals surface area (Å²) in [6, 6.07) is 2.52. The van der Waals surface area contributed by atoms with Gasteiger partial charge in [-0.05, 0) is 31.1 Å². The Labute approximate surface area is 174 Å². The molecule has 1 aromatic heterocycles. The summed E-state index contributed by atoms with van der Waals surface area (Å²) in [6.07, 6.45) is 5.81. The molecule has 0 saturated heterocycles. The van der Waals surface area contributed by atoms with E-state index in [1.165, 1.54) is 11.9 Å². The van der Waals surface area contributed by atoms with Gasteiger partial charge in [0.2, 0.25) is 0 Å². The van der Waals surface area contributed by atoms with Crippen molar-refractivity contribution in [3.05, 3.63) is 59.0 Å². The van der Waals surface area contributed by atoms with Crippen LogP contribution in [0.1, 0.15) is 31.6 Å². The Kier molecular flexibility index (Phi) is 6.00. The molecule has 1 aliphatic carbocycles. The molecule has 3 rings (SSSR count). The van der Waals surface area contributed by atoms with E-state index in [4.69, 9.17) is 4.42 Å². The first-order valence-corrected chi connectivity index (χ1v) is 9.70. The number of aliphatic hydroxyl groups excluding tert-OH is 1. The number of aliphatic hydroxyl groups is 1. The van der Waals surface area contributed by atoms with Gasteiger partial charge in [0.15, 0.2) is 0 Å². The highest BCUT2D eigenvalue weighted by molar-refractivity contribution is 6.18. The SMILES string of the molecule is CC[C@@H](NC1=C(NC2CC=CC(C(=O)N(C)C)=C2O)C(=O)N(C)C1=O)c1ccco1. The van der Waals surface area contributed by atoms with Gasteiger partial charge >= 0.3 is 0 Å². The molecule has 0 spiro atoms. The van der Waals surface area contributed by atoms with Crippen molar-refractivity contribution in [2.75, 3.05) is 21.1 Å². The van der Waals surface area contributed by atoms with E-state index in [0.717, 1.165) is 4.90 Å². The average Bonchev–Trinajstić information content (AvgIpc) is 3.32. The molecule has 1 aliphatic heterocycles. The van der Waals surface area contributed by atoms with Gasteiger partial charge in [-0.2, -0.15) is 0 Å². The van der Waals surface area contributed by atoms with Gasteiger partial charge in [0.05, 0.1) is 23.9 Å². The van der Waals surface area contributed by atoms with Crippen LogP contribution in [0.3, 0.4) is 0 Å². The Morgan fingerprint density at radius 1 is 1.33 bits per heavy atom. The summed E-state index contributed by atoms with van der Waals surface area (Å²) in [4.78, 5) is 40.1. The number of likely N-dealkylation sites (N-methyl/N-ethyl adjacent to an activating group) is 2. The van der Waals surface area contributed by atoms with E-state index < -0.39 is 17.9 Å². The number of nitrogens with one attached hydrogen (secondary N) is 2. The lowest BCUT2D eigenvalue weighted by Gasteiger charge is -2.24. The molecule has 0 fully saturated rings. The van der Waals surface area contributed by atoms with Crippen LogP contribution in [0.15, 0.2) is 57.7 Å². The molecule has 3 N–H and O–H groups in total. The van der Waals surface area contributed by atoms with Crippen molar-refractivity contribution in [1.29, 1.82) is 0 Å². The Balaban J connectivity index is 1.92. The highest BCUT2D eigenvalue weighted by Crippen LogP contribution is 2.26. The zero-order chi connectivity index (χ0) is 22.0. The van der Waals surface area contributed by atoms with E-state index in [1.807, 2.05) is 6.92 Å². The molecular formula is C21H26N4O5. The minimum atomic E-state index is -0.715. The number of imide groups is 1. The molecule has 0 aromatic carbocycles. The standard InChI is InChI=1S/C21H26N4O5/c1-5-13(15-10-7-11-30-15)22-16-17(21(29)25(4)20(16)28)23-14-9-6-8-12(18(14)26)19(27)24(2)3/h6-8,10-11,13-14,22-23,26H,5,9H2,1-4H3/t13-,14?/m1/s1. The van der Waals surface area contributed by atoms with E-state index in [1.54, 1.807) is 44.6 Å². The lowest BCUT2D eigenvalue weighted by Crippen LogP contribution is -2.38. The molecule has 9 heteroatoms. The minimum absolute atomic E-state index is 0.0519. The predicted molar refractivity (Wildman–Crippen MR) is 109 cm³/mol. The maximum Gasteiger partial charge on any atom is 0.278 e. The maximum absolute atomic E-state index is 12.7. The smallest absolute Gasteiger partial charge is 0.278 e. The number of carbonyl (C=O) groups is 3. The van der Waals surface area contributed by atoms with Crippen molar-refractivity contribution < 1.29 is 23.9 Å². The van der Waals surface area contributed by atoms with E-state index in [0.29, 0.717) is 18.6 Å². The summed E-state index contributed by atoms with van der Waals surface area (Å²) >= 11 is 0. The highest BCUT2D eigenvalue weighted by Gasteiger charge is 2.39. The summed E-state index contributed by atoms with van der Waals surface area (Å²) in [5, 5.41) is 16.7. The third-order valence-electron chi connectivity index (χ3n) is 5.12. The van der Waals surface area contributed by atoms with E-state index >= 15 is 0 Å². The maximum atomic E-state index is 12.7. The Hall–Kier alpha value is -3.49. The van der Waals surface area contributed by atoms with Crippen molar-refractivity contribution >= 4 is 17.7 Å². The lowest BCUT2D eigenvalue weighted by molar-refractivity contribution is -0.136.